The Balaban J connectivity index is 1.32. The highest BCUT2D eigenvalue weighted by molar-refractivity contribution is 5.97. The highest BCUT2D eigenvalue weighted by atomic mass is 16.2. The number of hydrogen-bond donors (Lipinski definition) is 2. The number of nitrogens with one attached hydrogen (secondary N) is 2. The maximum absolute atomic E-state index is 12.5. The molecule has 4 bridgehead atoms. The maximum atomic E-state index is 12.5. The van der Waals surface area contributed by atoms with Gasteiger partial charge in [0.05, 0.1) is 6.04 Å². The Morgan fingerprint density at radius 1 is 0.958 bits per heavy atom. The van der Waals surface area contributed by atoms with E-state index in [0.29, 0.717) is 0 Å². The fraction of sp³-hybridized carbons (Fsp3) is 0.895. The molecule has 0 spiro atoms. The predicted molar refractivity (Wildman–Crippen MR) is 92.5 cm³/mol. The first-order valence-electron chi connectivity index (χ1n) is 9.90. The van der Waals surface area contributed by atoms with E-state index in [0.717, 1.165) is 62.9 Å². The Bertz CT molecular complexity index is 477. The molecule has 2 N–H and O–H groups in total. The van der Waals surface area contributed by atoms with Gasteiger partial charge in [-0.25, -0.2) is 4.79 Å². The molecule has 5 aliphatic rings. The molecule has 24 heavy (non-hydrogen) atoms. The standard InChI is InChI=1S/C19H31N3O2/c1-13(22-5-3-2-4-6-22)17(23)20-18(24)21-19-10-14-7-15(11-19)9-16(8-14)12-19/h13-16H,2-12H2,1H3,(H2,20,21,23,24)/t13-,14?,15?,16?,19?/m1/s1. The zero-order chi connectivity index (χ0) is 16.7. The lowest BCUT2D eigenvalue weighted by Crippen LogP contribution is -2.62. The molecule has 5 rings (SSSR count). The third kappa shape index (κ3) is 3.19. The van der Waals surface area contributed by atoms with Crippen LogP contribution in [0.15, 0.2) is 0 Å². The van der Waals surface area contributed by atoms with E-state index < -0.39 is 0 Å². The van der Waals surface area contributed by atoms with Crippen LogP contribution in [0, 0.1) is 17.8 Å². The maximum Gasteiger partial charge on any atom is 0.321 e. The van der Waals surface area contributed by atoms with Crippen LogP contribution in [0.2, 0.25) is 0 Å². The van der Waals surface area contributed by atoms with Crippen LogP contribution in [0.4, 0.5) is 4.79 Å². The van der Waals surface area contributed by atoms with E-state index in [4.69, 9.17) is 0 Å². The second-order valence-electron chi connectivity index (χ2n) is 8.91. The van der Waals surface area contributed by atoms with Gasteiger partial charge in [0.15, 0.2) is 0 Å². The number of urea groups is 1. The van der Waals surface area contributed by atoms with Crippen LogP contribution in [0.1, 0.15) is 64.7 Å². The fourth-order valence-corrected chi connectivity index (χ4v) is 6.22. The third-order valence-electron chi connectivity index (χ3n) is 6.97. The van der Waals surface area contributed by atoms with E-state index in [1.807, 2.05) is 6.92 Å². The molecule has 4 saturated carbocycles. The molecule has 5 fully saturated rings. The van der Waals surface area contributed by atoms with Gasteiger partial charge in [-0.05, 0) is 89.1 Å². The molecular weight excluding hydrogens is 302 g/mol. The minimum Gasteiger partial charge on any atom is -0.332 e. The summed E-state index contributed by atoms with van der Waals surface area (Å²) in [6, 6.07) is -0.488. The fourth-order valence-electron chi connectivity index (χ4n) is 6.22. The molecule has 0 aromatic rings. The molecule has 0 unspecified atom stereocenters. The van der Waals surface area contributed by atoms with Crippen molar-refractivity contribution in [3.8, 4) is 0 Å². The Kier molecular flexibility index (Phi) is 4.31. The molecule has 0 radical (unpaired) electrons. The summed E-state index contributed by atoms with van der Waals surface area (Å²) in [5.41, 5.74) is -0.0343. The molecule has 1 heterocycles. The normalized spacial score (nSPS) is 39.5. The third-order valence-corrected chi connectivity index (χ3v) is 6.97. The lowest BCUT2D eigenvalue weighted by Gasteiger charge is -2.56. The summed E-state index contributed by atoms with van der Waals surface area (Å²) >= 11 is 0. The Morgan fingerprint density at radius 3 is 2.04 bits per heavy atom. The summed E-state index contributed by atoms with van der Waals surface area (Å²) < 4.78 is 0. The first-order valence-corrected chi connectivity index (χ1v) is 9.90. The van der Waals surface area contributed by atoms with Crippen LogP contribution in [0.25, 0.3) is 0 Å². The number of amides is 3. The number of hydrogen-bond acceptors (Lipinski definition) is 3. The lowest BCUT2D eigenvalue weighted by molar-refractivity contribution is -0.125. The second kappa shape index (κ2) is 6.32. The van der Waals surface area contributed by atoms with Crippen LogP contribution in [0.3, 0.4) is 0 Å². The van der Waals surface area contributed by atoms with E-state index in [1.165, 1.54) is 25.7 Å². The Labute approximate surface area is 144 Å². The van der Waals surface area contributed by atoms with Gasteiger partial charge in [0, 0.05) is 5.54 Å². The van der Waals surface area contributed by atoms with Crippen LogP contribution in [-0.2, 0) is 4.79 Å². The van der Waals surface area contributed by atoms with E-state index in [-0.39, 0.29) is 23.5 Å². The average molecular weight is 333 g/mol. The summed E-state index contributed by atoms with van der Waals surface area (Å²) in [6.45, 7) is 3.84. The van der Waals surface area contributed by atoms with Crippen molar-refractivity contribution in [2.75, 3.05) is 13.1 Å². The molecule has 4 aliphatic carbocycles. The van der Waals surface area contributed by atoms with E-state index in [9.17, 15) is 9.59 Å². The largest absolute Gasteiger partial charge is 0.332 e. The zero-order valence-electron chi connectivity index (χ0n) is 14.9. The highest BCUT2D eigenvalue weighted by Gasteiger charge is 2.51. The van der Waals surface area contributed by atoms with Crippen LogP contribution in [-0.4, -0.2) is 41.5 Å². The number of nitrogens with zero attached hydrogens (tertiary/aromatic N) is 1. The topological polar surface area (TPSA) is 61.4 Å². The van der Waals surface area contributed by atoms with Crippen molar-refractivity contribution in [1.82, 2.24) is 15.5 Å². The Hall–Kier alpha value is -1.10. The molecule has 5 nitrogen and oxygen atoms in total. The zero-order valence-corrected chi connectivity index (χ0v) is 14.9. The molecule has 134 valence electrons. The number of carbonyl (C=O) groups is 2. The molecule has 3 amide bonds. The van der Waals surface area contributed by atoms with Gasteiger partial charge < -0.3 is 5.32 Å². The number of likely N-dealkylation sites (tertiary alicyclic amines) is 1. The van der Waals surface area contributed by atoms with Gasteiger partial charge in [0.25, 0.3) is 0 Å². The van der Waals surface area contributed by atoms with Gasteiger partial charge in [-0.3, -0.25) is 15.0 Å². The summed E-state index contributed by atoms with van der Waals surface area (Å²) in [5.74, 6) is 2.22. The van der Waals surface area contributed by atoms with E-state index in [1.54, 1.807) is 0 Å². The van der Waals surface area contributed by atoms with Crippen molar-refractivity contribution in [3.05, 3.63) is 0 Å². The van der Waals surface area contributed by atoms with Gasteiger partial charge in [-0.15, -0.1) is 0 Å². The van der Waals surface area contributed by atoms with Crippen LogP contribution < -0.4 is 10.6 Å². The highest BCUT2D eigenvalue weighted by Crippen LogP contribution is 2.55. The molecular formula is C19H31N3O2. The van der Waals surface area contributed by atoms with Crippen molar-refractivity contribution in [2.45, 2.75) is 76.3 Å². The summed E-state index contributed by atoms with van der Waals surface area (Å²) in [7, 11) is 0. The molecule has 1 aliphatic heterocycles. The quantitative estimate of drug-likeness (QED) is 0.835. The van der Waals surface area contributed by atoms with Gasteiger partial charge in [0.2, 0.25) is 5.91 Å². The van der Waals surface area contributed by atoms with Crippen molar-refractivity contribution in [1.29, 1.82) is 0 Å². The van der Waals surface area contributed by atoms with Crippen LogP contribution in [0.5, 0.6) is 0 Å². The molecule has 5 heteroatoms. The van der Waals surface area contributed by atoms with Crippen molar-refractivity contribution in [2.24, 2.45) is 17.8 Å². The van der Waals surface area contributed by atoms with Crippen molar-refractivity contribution < 1.29 is 9.59 Å². The Morgan fingerprint density at radius 2 is 1.50 bits per heavy atom. The number of carbonyl (C=O) groups excluding carboxylic acids is 2. The van der Waals surface area contributed by atoms with Crippen molar-refractivity contribution >= 4 is 11.9 Å². The number of piperidine rings is 1. The smallest absolute Gasteiger partial charge is 0.321 e. The molecule has 1 atom stereocenters. The second-order valence-corrected chi connectivity index (χ2v) is 8.91. The number of imide groups is 1. The van der Waals surface area contributed by atoms with E-state index >= 15 is 0 Å². The van der Waals surface area contributed by atoms with Gasteiger partial charge in [-0.1, -0.05) is 6.42 Å². The first-order chi connectivity index (χ1) is 11.5. The summed E-state index contributed by atoms with van der Waals surface area (Å²) in [5, 5.41) is 5.85. The van der Waals surface area contributed by atoms with Crippen LogP contribution >= 0.6 is 0 Å². The molecule has 1 saturated heterocycles. The van der Waals surface area contributed by atoms with Gasteiger partial charge in [0.1, 0.15) is 0 Å². The summed E-state index contributed by atoms with van der Waals surface area (Å²) in [6.07, 6.45) is 11.0. The minimum absolute atomic E-state index is 0.0343. The lowest BCUT2D eigenvalue weighted by atomic mass is 9.53. The van der Waals surface area contributed by atoms with Gasteiger partial charge >= 0.3 is 6.03 Å². The first kappa shape index (κ1) is 16.4. The SMILES string of the molecule is C[C@H](C(=O)NC(=O)NC12CC3CC(CC(C3)C1)C2)N1CCCCC1. The van der Waals surface area contributed by atoms with Gasteiger partial charge in [-0.2, -0.15) is 0 Å². The van der Waals surface area contributed by atoms with E-state index in [2.05, 4.69) is 15.5 Å². The number of rotatable bonds is 3. The molecule has 0 aromatic carbocycles. The summed E-state index contributed by atoms with van der Waals surface area (Å²) in [4.78, 5) is 27.1. The van der Waals surface area contributed by atoms with Crippen molar-refractivity contribution in [3.63, 3.8) is 0 Å². The minimum atomic E-state index is -0.272. The monoisotopic (exact) mass is 333 g/mol. The predicted octanol–water partition coefficient (Wildman–Crippen LogP) is 2.66. The average Bonchev–Trinajstić information content (AvgIpc) is 2.53. The molecule has 0 aromatic heterocycles.